The first-order chi connectivity index (χ1) is 10.1. The minimum atomic E-state index is -0.403. The summed E-state index contributed by atoms with van der Waals surface area (Å²) in [6.45, 7) is 4.31. The molecule has 110 valence electrons. The van der Waals surface area contributed by atoms with Crippen molar-refractivity contribution in [2.75, 3.05) is 11.4 Å². The number of carbonyl (C=O) groups excluding carboxylic acids is 1. The molecule has 0 spiro atoms. The first-order valence-electron chi connectivity index (χ1n) is 6.94. The summed E-state index contributed by atoms with van der Waals surface area (Å²) in [6.07, 6.45) is 0.258. The van der Waals surface area contributed by atoms with Crippen LogP contribution in [0.15, 0.2) is 28.8 Å². The van der Waals surface area contributed by atoms with Crippen molar-refractivity contribution in [1.29, 1.82) is 0 Å². The maximum absolute atomic E-state index is 13.8. The summed E-state index contributed by atoms with van der Waals surface area (Å²) in [5.74, 6) is 0.529. The van der Waals surface area contributed by atoms with E-state index in [1.807, 2.05) is 13.8 Å². The minimum absolute atomic E-state index is 0.130. The van der Waals surface area contributed by atoms with Gasteiger partial charge >= 0.3 is 0 Å². The molecule has 1 amide bonds. The third kappa shape index (κ3) is 2.53. The van der Waals surface area contributed by atoms with Gasteiger partial charge in [0.25, 0.3) is 0 Å². The quantitative estimate of drug-likeness (QED) is 0.871. The van der Waals surface area contributed by atoms with E-state index in [0.29, 0.717) is 23.9 Å². The van der Waals surface area contributed by atoms with E-state index in [4.69, 9.17) is 4.52 Å². The van der Waals surface area contributed by atoms with E-state index in [1.165, 1.54) is 11.0 Å². The van der Waals surface area contributed by atoms with Crippen LogP contribution >= 0.6 is 0 Å². The highest BCUT2D eigenvalue weighted by Gasteiger charge is 2.36. The molecule has 1 saturated heterocycles. The van der Waals surface area contributed by atoms with E-state index in [0.717, 1.165) is 0 Å². The molecule has 1 fully saturated rings. The molecule has 0 saturated carbocycles. The Labute approximate surface area is 121 Å². The Hall–Kier alpha value is -2.24. The van der Waals surface area contributed by atoms with Gasteiger partial charge in [-0.3, -0.25) is 4.79 Å². The Balaban J connectivity index is 1.83. The molecule has 2 heterocycles. The highest BCUT2D eigenvalue weighted by atomic mass is 19.1. The van der Waals surface area contributed by atoms with Gasteiger partial charge in [0, 0.05) is 18.9 Å². The second-order valence-corrected chi connectivity index (χ2v) is 5.50. The molecule has 1 aromatic carbocycles. The van der Waals surface area contributed by atoms with Gasteiger partial charge in [0.2, 0.25) is 11.8 Å². The van der Waals surface area contributed by atoms with Crippen LogP contribution in [-0.4, -0.2) is 22.6 Å². The van der Waals surface area contributed by atoms with Gasteiger partial charge in [0.1, 0.15) is 5.82 Å². The normalized spacial score (nSPS) is 18.8. The molecule has 0 bridgehead atoms. The molecule has 3 rings (SSSR count). The number of anilines is 1. The number of para-hydroxylation sites is 1. The van der Waals surface area contributed by atoms with Gasteiger partial charge < -0.3 is 9.42 Å². The average Bonchev–Trinajstić information content (AvgIpc) is 3.06. The van der Waals surface area contributed by atoms with Crippen LogP contribution in [-0.2, 0) is 4.79 Å². The van der Waals surface area contributed by atoms with Crippen molar-refractivity contribution in [2.24, 2.45) is 0 Å². The number of rotatable bonds is 3. The van der Waals surface area contributed by atoms with Crippen molar-refractivity contribution >= 4 is 11.6 Å². The van der Waals surface area contributed by atoms with Gasteiger partial charge in [0.15, 0.2) is 5.82 Å². The molecule has 1 aliphatic rings. The van der Waals surface area contributed by atoms with Crippen LogP contribution in [0.4, 0.5) is 10.1 Å². The number of halogens is 1. The number of carbonyl (C=O) groups is 1. The van der Waals surface area contributed by atoms with Crippen LogP contribution < -0.4 is 4.90 Å². The van der Waals surface area contributed by atoms with Crippen molar-refractivity contribution in [1.82, 2.24) is 10.1 Å². The molecule has 1 aromatic heterocycles. The smallest absolute Gasteiger partial charge is 0.232 e. The number of nitrogens with zero attached hydrogens (tertiary/aromatic N) is 3. The first-order valence-corrected chi connectivity index (χ1v) is 6.94. The van der Waals surface area contributed by atoms with E-state index in [-0.39, 0.29) is 24.2 Å². The Morgan fingerprint density at radius 1 is 1.38 bits per heavy atom. The van der Waals surface area contributed by atoms with Crippen molar-refractivity contribution < 1.29 is 13.7 Å². The molecule has 5 nitrogen and oxygen atoms in total. The Morgan fingerprint density at radius 3 is 2.81 bits per heavy atom. The van der Waals surface area contributed by atoms with Gasteiger partial charge in [-0.15, -0.1) is 0 Å². The molecule has 6 heteroatoms. The van der Waals surface area contributed by atoms with E-state index in [1.54, 1.807) is 18.2 Å². The summed E-state index contributed by atoms with van der Waals surface area (Å²) >= 11 is 0. The molecule has 1 atom stereocenters. The van der Waals surface area contributed by atoms with Crippen LogP contribution in [0.25, 0.3) is 0 Å². The van der Waals surface area contributed by atoms with Crippen molar-refractivity contribution in [3.05, 3.63) is 41.8 Å². The number of amides is 1. The van der Waals surface area contributed by atoms with Gasteiger partial charge in [-0.2, -0.15) is 4.98 Å². The highest BCUT2D eigenvalue weighted by molar-refractivity contribution is 5.96. The first kappa shape index (κ1) is 13.7. The van der Waals surface area contributed by atoms with Gasteiger partial charge in [-0.05, 0) is 12.1 Å². The van der Waals surface area contributed by atoms with E-state index < -0.39 is 5.82 Å². The highest BCUT2D eigenvalue weighted by Crippen LogP contribution is 2.32. The van der Waals surface area contributed by atoms with Crippen molar-refractivity contribution in [3.8, 4) is 0 Å². The fourth-order valence-corrected chi connectivity index (χ4v) is 2.42. The van der Waals surface area contributed by atoms with Gasteiger partial charge in [-0.25, -0.2) is 4.39 Å². The average molecular weight is 289 g/mol. The standard InChI is InChI=1S/C15H16FN3O2/c1-9(2)14-17-15(21-18-14)10-7-13(20)19(8-10)12-6-4-3-5-11(12)16/h3-6,9-10H,7-8H2,1-2H3/t10-/m0/s1. The zero-order chi connectivity index (χ0) is 15.0. The summed E-state index contributed by atoms with van der Waals surface area (Å²) in [4.78, 5) is 17.9. The Kier molecular flexibility index (Phi) is 3.45. The Bertz CT molecular complexity index is 668. The topological polar surface area (TPSA) is 59.2 Å². The van der Waals surface area contributed by atoms with Crippen LogP contribution in [0.1, 0.15) is 43.8 Å². The summed E-state index contributed by atoms with van der Waals surface area (Å²) in [6, 6.07) is 6.26. The van der Waals surface area contributed by atoms with Crippen molar-refractivity contribution in [2.45, 2.75) is 32.1 Å². The molecule has 0 unspecified atom stereocenters. The predicted octanol–water partition coefficient (Wildman–Crippen LogP) is 2.85. The van der Waals surface area contributed by atoms with Crippen LogP contribution in [0.5, 0.6) is 0 Å². The fraction of sp³-hybridized carbons (Fsp3) is 0.400. The second kappa shape index (κ2) is 5.27. The van der Waals surface area contributed by atoms with E-state index >= 15 is 0 Å². The number of hydrogen-bond donors (Lipinski definition) is 0. The number of aromatic nitrogens is 2. The zero-order valence-electron chi connectivity index (χ0n) is 11.9. The lowest BCUT2D eigenvalue weighted by Gasteiger charge is -2.16. The molecular formula is C15H16FN3O2. The van der Waals surface area contributed by atoms with Crippen LogP contribution in [0.3, 0.4) is 0 Å². The van der Waals surface area contributed by atoms with Crippen LogP contribution in [0, 0.1) is 5.82 Å². The molecular weight excluding hydrogens is 273 g/mol. The van der Waals surface area contributed by atoms with E-state index in [2.05, 4.69) is 10.1 Å². The monoisotopic (exact) mass is 289 g/mol. The van der Waals surface area contributed by atoms with Crippen LogP contribution in [0.2, 0.25) is 0 Å². The molecule has 1 aliphatic heterocycles. The predicted molar refractivity (Wildman–Crippen MR) is 74.5 cm³/mol. The largest absolute Gasteiger partial charge is 0.339 e. The zero-order valence-corrected chi connectivity index (χ0v) is 11.9. The summed E-state index contributed by atoms with van der Waals surface area (Å²) in [5.41, 5.74) is 0.300. The SMILES string of the molecule is CC(C)c1noc([C@H]2CC(=O)N(c3ccccc3F)C2)n1. The number of benzene rings is 1. The molecule has 0 radical (unpaired) electrons. The minimum Gasteiger partial charge on any atom is -0.339 e. The summed E-state index contributed by atoms with van der Waals surface area (Å²) in [5, 5.41) is 3.91. The summed E-state index contributed by atoms with van der Waals surface area (Å²) in [7, 11) is 0. The fourth-order valence-electron chi connectivity index (χ4n) is 2.42. The maximum Gasteiger partial charge on any atom is 0.232 e. The van der Waals surface area contributed by atoms with E-state index in [9.17, 15) is 9.18 Å². The third-order valence-electron chi connectivity index (χ3n) is 3.59. The third-order valence-corrected chi connectivity index (χ3v) is 3.59. The molecule has 21 heavy (non-hydrogen) atoms. The maximum atomic E-state index is 13.8. The van der Waals surface area contributed by atoms with Crippen molar-refractivity contribution in [3.63, 3.8) is 0 Å². The lowest BCUT2D eigenvalue weighted by Crippen LogP contribution is -2.25. The second-order valence-electron chi connectivity index (χ2n) is 5.50. The lowest BCUT2D eigenvalue weighted by molar-refractivity contribution is -0.117. The van der Waals surface area contributed by atoms with Gasteiger partial charge in [0.05, 0.1) is 11.6 Å². The molecule has 0 N–H and O–H groups in total. The Morgan fingerprint density at radius 2 is 2.14 bits per heavy atom. The lowest BCUT2D eigenvalue weighted by atomic mass is 10.1. The molecule has 0 aliphatic carbocycles. The molecule has 2 aromatic rings. The summed E-state index contributed by atoms with van der Waals surface area (Å²) < 4.78 is 19.0. The van der Waals surface area contributed by atoms with Gasteiger partial charge in [-0.1, -0.05) is 31.1 Å². The number of hydrogen-bond acceptors (Lipinski definition) is 4.